The average Bonchev–Trinajstić information content (AvgIpc) is 2.70. The van der Waals surface area contributed by atoms with E-state index < -0.39 is 10.0 Å². The molecule has 3 rings (SSSR count). The van der Waals surface area contributed by atoms with Gasteiger partial charge >= 0.3 is 0 Å². The minimum absolute atomic E-state index is 0.177. The Labute approximate surface area is 159 Å². The predicted octanol–water partition coefficient (Wildman–Crippen LogP) is 4.39. The zero-order chi connectivity index (χ0) is 19.1. The first-order valence-electron chi connectivity index (χ1n) is 8.49. The van der Waals surface area contributed by atoms with Crippen LogP contribution >= 0.6 is 0 Å². The van der Waals surface area contributed by atoms with E-state index in [1.54, 1.807) is 30.3 Å². The van der Waals surface area contributed by atoms with Crippen molar-refractivity contribution >= 4 is 21.8 Å². The van der Waals surface area contributed by atoms with Crippen LogP contribution in [0.4, 0.5) is 0 Å². The third kappa shape index (κ3) is 5.15. The van der Waals surface area contributed by atoms with Crippen LogP contribution in [0.3, 0.4) is 0 Å². The first-order chi connectivity index (χ1) is 13.0. The van der Waals surface area contributed by atoms with E-state index in [4.69, 9.17) is 0 Å². The highest BCUT2D eigenvalue weighted by atomic mass is 32.2. The zero-order valence-electron chi connectivity index (χ0n) is 14.9. The van der Waals surface area contributed by atoms with Gasteiger partial charge in [-0.05, 0) is 30.7 Å². The fourth-order valence-corrected chi connectivity index (χ4v) is 3.24. The lowest BCUT2D eigenvalue weighted by Gasteiger charge is -2.06. The smallest absolute Gasteiger partial charge is 0.200 e. The van der Waals surface area contributed by atoms with Crippen molar-refractivity contribution in [3.05, 3.63) is 108 Å². The minimum Gasteiger partial charge on any atom is -0.200 e. The summed E-state index contributed by atoms with van der Waals surface area (Å²) in [6.45, 7) is 1.91. The van der Waals surface area contributed by atoms with E-state index in [2.05, 4.69) is 9.93 Å². The van der Waals surface area contributed by atoms with Crippen molar-refractivity contribution in [1.82, 2.24) is 4.83 Å². The summed E-state index contributed by atoms with van der Waals surface area (Å²) in [5.74, 6) is 0. The fourth-order valence-electron chi connectivity index (χ4n) is 2.43. The topological polar surface area (TPSA) is 58.5 Å². The molecule has 4 nitrogen and oxygen atoms in total. The number of hydrogen-bond acceptors (Lipinski definition) is 3. The molecule has 5 heteroatoms. The Bertz CT molecular complexity index is 1040. The van der Waals surface area contributed by atoms with Crippen LogP contribution in [0, 0.1) is 6.92 Å². The van der Waals surface area contributed by atoms with Crippen molar-refractivity contribution in [1.29, 1.82) is 0 Å². The second-order valence-corrected chi connectivity index (χ2v) is 7.68. The monoisotopic (exact) mass is 376 g/mol. The number of nitrogens with one attached hydrogen (secondary N) is 1. The number of hydrazone groups is 1. The van der Waals surface area contributed by atoms with Crippen LogP contribution in [0.15, 0.2) is 101 Å². The van der Waals surface area contributed by atoms with Gasteiger partial charge in [-0.1, -0.05) is 84.4 Å². The van der Waals surface area contributed by atoms with E-state index in [1.165, 1.54) is 0 Å². The van der Waals surface area contributed by atoms with Crippen LogP contribution in [-0.2, 0) is 10.0 Å². The third-order valence-electron chi connectivity index (χ3n) is 3.92. The van der Waals surface area contributed by atoms with E-state index in [-0.39, 0.29) is 4.90 Å². The number of nitrogens with zero attached hydrogens (tertiary/aromatic N) is 1. The molecule has 0 atom stereocenters. The van der Waals surface area contributed by atoms with Crippen LogP contribution in [0.1, 0.15) is 16.7 Å². The van der Waals surface area contributed by atoms with Crippen LogP contribution < -0.4 is 4.83 Å². The molecule has 0 spiro atoms. The molecule has 1 N–H and O–H groups in total. The molecule has 0 unspecified atom stereocenters. The van der Waals surface area contributed by atoms with Crippen LogP contribution in [0.25, 0.3) is 6.08 Å². The van der Waals surface area contributed by atoms with Gasteiger partial charge in [-0.15, -0.1) is 0 Å². The maximum absolute atomic E-state index is 12.5. The number of sulfonamides is 1. The van der Waals surface area contributed by atoms with Crippen LogP contribution in [0.2, 0.25) is 0 Å². The third-order valence-corrected chi connectivity index (χ3v) is 5.14. The Morgan fingerprint density at radius 3 is 2.07 bits per heavy atom. The molecule has 0 aromatic heterocycles. The Balaban J connectivity index is 1.90. The molecule has 0 aliphatic rings. The van der Waals surface area contributed by atoms with Gasteiger partial charge in [-0.25, -0.2) is 0 Å². The van der Waals surface area contributed by atoms with Gasteiger partial charge in [0.15, 0.2) is 0 Å². The quantitative estimate of drug-likeness (QED) is 0.512. The standard InChI is InChI=1S/C22H20N2O2S/c1-18-12-15-21(16-13-18)27(25,26)24-23-22(20-10-6-3-7-11-20)17-14-19-8-4-2-5-9-19/h2-17,24H,1H3/b17-14+,23-22-. The van der Waals surface area contributed by atoms with E-state index in [9.17, 15) is 8.42 Å². The summed E-state index contributed by atoms with van der Waals surface area (Å²) in [6, 6.07) is 25.8. The SMILES string of the molecule is Cc1ccc(S(=O)(=O)N/N=C(/C=C/c2ccccc2)c2ccccc2)cc1. The lowest BCUT2D eigenvalue weighted by Crippen LogP contribution is -2.20. The molecule has 27 heavy (non-hydrogen) atoms. The first-order valence-corrected chi connectivity index (χ1v) is 9.98. The Morgan fingerprint density at radius 2 is 1.44 bits per heavy atom. The van der Waals surface area contributed by atoms with Crippen molar-refractivity contribution in [2.45, 2.75) is 11.8 Å². The van der Waals surface area contributed by atoms with Gasteiger partial charge in [0.25, 0.3) is 10.0 Å². The highest BCUT2D eigenvalue weighted by Gasteiger charge is 2.13. The van der Waals surface area contributed by atoms with E-state index in [0.717, 1.165) is 16.7 Å². The van der Waals surface area contributed by atoms with Gasteiger partial charge in [0.1, 0.15) is 0 Å². The van der Waals surface area contributed by atoms with Crippen LogP contribution in [0.5, 0.6) is 0 Å². The van der Waals surface area contributed by atoms with Gasteiger partial charge in [0.05, 0.1) is 10.6 Å². The van der Waals surface area contributed by atoms with Crippen molar-refractivity contribution in [2.24, 2.45) is 5.10 Å². The van der Waals surface area contributed by atoms with E-state index in [1.807, 2.05) is 73.7 Å². The summed E-state index contributed by atoms with van der Waals surface area (Å²) in [5.41, 5.74) is 3.34. The lowest BCUT2D eigenvalue weighted by molar-refractivity contribution is 0.584. The average molecular weight is 376 g/mol. The predicted molar refractivity (Wildman–Crippen MR) is 110 cm³/mol. The van der Waals surface area contributed by atoms with Crippen molar-refractivity contribution in [3.63, 3.8) is 0 Å². The van der Waals surface area contributed by atoms with Gasteiger partial charge in [0.2, 0.25) is 0 Å². The molecular formula is C22H20N2O2S. The van der Waals surface area contributed by atoms with Gasteiger partial charge in [-0.3, -0.25) is 0 Å². The summed E-state index contributed by atoms with van der Waals surface area (Å²) in [7, 11) is -3.73. The molecule has 3 aromatic rings. The van der Waals surface area contributed by atoms with E-state index >= 15 is 0 Å². The number of benzene rings is 3. The molecule has 0 bridgehead atoms. The second-order valence-electron chi connectivity index (χ2n) is 6.01. The molecule has 0 saturated heterocycles. The molecule has 0 heterocycles. The molecule has 0 fully saturated rings. The molecule has 0 saturated carbocycles. The highest BCUT2D eigenvalue weighted by Crippen LogP contribution is 2.11. The summed E-state index contributed by atoms with van der Waals surface area (Å²) in [6.07, 6.45) is 3.69. The molecule has 0 aliphatic carbocycles. The largest absolute Gasteiger partial charge is 0.276 e. The maximum atomic E-state index is 12.5. The summed E-state index contributed by atoms with van der Waals surface area (Å²) >= 11 is 0. The highest BCUT2D eigenvalue weighted by molar-refractivity contribution is 7.89. The maximum Gasteiger partial charge on any atom is 0.276 e. The van der Waals surface area contributed by atoms with Crippen molar-refractivity contribution in [3.8, 4) is 0 Å². The minimum atomic E-state index is -3.73. The Morgan fingerprint density at radius 1 is 0.852 bits per heavy atom. The normalized spacial score (nSPS) is 12.3. The van der Waals surface area contributed by atoms with Gasteiger partial charge in [0, 0.05) is 5.56 Å². The van der Waals surface area contributed by atoms with Crippen molar-refractivity contribution in [2.75, 3.05) is 0 Å². The van der Waals surface area contributed by atoms with Gasteiger partial charge in [-0.2, -0.15) is 18.4 Å². The van der Waals surface area contributed by atoms with Crippen LogP contribution in [-0.4, -0.2) is 14.1 Å². The summed E-state index contributed by atoms with van der Waals surface area (Å²) in [4.78, 5) is 2.52. The molecule has 0 aliphatic heterocycles. The van der Waals surface area contributed by atoms with Gasteiger partial charge < -0.3 is 0 Å². The fraction of sp³-hybridized carbons (Fsp3) is 0.0455. The molecule has 0 radical (unpaired) electrons. The Hall–Kier alpha value is -3.18. The molecular weight excluding hydrogens is 356 g/mol. The first kappa shape index (κ1) is 18.6. The Kier molecular flexibility index (Phi) is 5.84. The lowest BCUT2D eigenvalue weighted by atomic mass is 10.1. The number of hydrogen-bond donors (Lipinski definition) is 1. The number of allylic oxidation sites excluding steroid dienone is 1. The molecule has 136 valence electrons. The second kappa shape index (κ2) is 8.47. The number of aryl methyl sites for hydroxylation is 1. The molecule has 0 amide bonds. The van der Waals surface area contributed by atoms with Crippen molar-refractivity contribution < 1.29 is 8.42 Å². The molecule has 3 aromatic carbocycles. The summed E-state index contributed by atoms with van der Waals surface area (Å²) in [5, 5.41) is 4.17. The zero-order valence-corrected chi connectivity index (χ0v) is 15.7. The summed E-state index contributed by atoms with van der Waals surface area (Å²) < 4.78 is 25.0. The van der Waals surface area contributed by atoms with E-state index in [0.29, 0.717) is 5.71 Å². The number of rotatable bonds is 6.